The van der Waals surface area contributed by atoms with Gasteiger partial charge in [-0.05, 0) is 36.8 Å². The first-order valence-electron chi connectivity index (χ1n) is 11.0. The molecule has 0 aliphatic carbocycles. The number of amides is 2. The lowest BCUT2D eigenvalue weighted by atomic mass is 9.94. The summed E-state index contributed by atoms with van der Waals surface area (Å²) in [7, 11) is 0. The first kappa shape index (κ1) is 34.1. The minimum absolute atomic E-state index is 0.0321. The van der Waals surface area contributed by atoms with Crippen molar-refractivity contribution < 1.29 is 57.9 Å². The fourth-order valence-electron chi connectivity index (χ4n) is 3.37. The van der Waals surface area contributed by atoms with E-state index in [-0.39, 0.29) is 17.2 Å². The fourth-order valence-corrected chi connectivity index (χ4v) is 3.78. The molecule has 0 bridgehead atoms. The Morgan fingerprint density at radius 3 is 2.10 bits per heavy atom. The lowest BCUT2D eigenvalue weighted by Gasteiger charge is -2.20. The van der Waals surface area contributed by atoms with Gasteiger partial charge in [0, 0.05) is 11.1 Å². The van der Waals surface area contributed by atoms with Crippen molar-refractivity contribution in [1.29, 1.82) is 0 Å². The molecule has 0 aliphatic rings. The van der Waals surface area contributed by atoms with E-state index in [1.54, 1.807) is 5.32 Å². The van der Waals surface area contributed by atoms with E-state index in [2.05, 4.69) is 0 Å². The fraction of sp³-hybridized carbons (Fsp3) is 0.333. The third-order valence-corrected chi connectivity index (χ3v) is 6.19. The molecule has 0 saturated heterocycles. The number of rotatable bonds is 8. The minimum Gasteiger partial charge on any atom is -0.345 e. The SMILES string of the molecule is C[C@@H](NC(=O)c1ccc(/C(F)=C/C(c2cc(Cl)c(Cl)c(CF)c2)C(F)(F)F)cc1C(F)(F)F)C(=O)NCC(F)(F)F. The normalized spacial score (nSPS) is 14.4. The highest BCUT2D eigenvalue weighted by molar-refractivity contribution is 6.42. The van der Waals surface area contributed by atoms with E-state index in [0.29, 0.717) is 24.3 Å². The van der Waals surface area contributed by atoms with Crippen molar-refractivity contribution in [3.63, 3.8) is 0 Å². The molecule has 0 heterocycles. The van der Waals surface area contributed by atoms with Crippen molar-refractivity contribution in [1.82, 2.24) is 10.6 Å². The van der Waals surface area contributed by atoms with Crippen molar-refractivity contribution >= 4 is 40.8 Å². The Morgan fingerprint density at radius 1 is 0.976 bits per heavy atom. The Hall–Kier alpha value is -3.07. The first-order valence-corrected chi connectivity index (χ1v) is 11.8. The minimum atomic E-state index is -5.37. The molecule has 41 heavy (non-hydrogen) atoms. The van der Waals surface area contributed by atoms with Crippen molar-refractivity contribution in [3.8, 4) is 0 Å². The smallest absolute Gasteiger partial charge is 0.345 e. The van der Waals surface area contributed by atoms with Gasteiger partial charge in [-0.3, -0.25) is 9.59 Å². The monoisotopic (exact) mass is 644 g/mol. The molecule has 2 N–H and O–H groups in total. The number of carbonyl (C=O) groups is 2. The molecule has 0 aromatic heterocycles. The third kappa shape index (κ3) is 9.21. The van der Waals surface area contributed by atoms with Gasteiger partial charge >= 0.3 is 18.5 Å². The first-order chi connectivity index (χ1) is 18.7. The molecule has 4 nitrogen and oxygen atoms in total. The van der Waals surface area contributed by atoms with Gasteiger partial charge in [0.1, 0.15) is 31.0 Å². The van der Waals surface area contributed by atoms with Gasteiger partial charge in [0.05, 0.1) is 21.2 Å². The summed E-state index contributed by atoms with van der Waals surface area (Å²) in [6.45, 7) is -2.23. The van der Waals surface area contributed by atoms with Gasteiger partial charge in [0.25, 0.3) is 5.91 Å². The summed E-state index contributed by atoms with van der Waals surface area (Å²) in [4.78, 5) is 24.1. The molecular formula is C24H17Cl2F11N2O2. The van der Waals surface area contributed by atoms with E-state index in [1.165, 1.54) is 5.32 Å². The van der Waals surface area contributed by atoms with Crippen LogP contribution in [0.2, 0.25) is 10.0 Å². The van der Waals surface area contributed by atoms with Gasteiger partial charge in [0.15, 0.2) is 0 Å². The van der Waals surface area contributed by atoms with E-state index < -0.39 is 94.2 Å². The quantitative estimate of drug-likeness (QED) is 0.287. The highest BCUT2D eigenvalue weighted by Gasteiger charge is 2.41. The van der Waals surface area contributed by atoms with Crippen LogP contribution in [0, 0.1) is 0 Å². The van der Waals surface area contributed by atoms with Crippen LogP contribution in [0.1, 0.15) is 45.5 Å². The summed E-state index contributed by atoms with van der Waals surface area (Å²) < 4.78 is 147. The zero-order valence-corrected chi connectivity index (χ0v) is 21.8. The number of hydrogen-bond donors (Lipinski definition) is 2. The Balaban J connectivity index is 2.47. The maximum absolute atomic E-state index is 15.0. The second-order valence-electron chi connectivity index (χ2n) is 8.43. The van der Waals surface area contributed by atoms with Crippen molar-refractivity contribution in [2.24, 2.45) is 0 Å². The zero-order chi connectivity index (χ0) is 31.5. The van der Waals surface area contributed by atoms with E-state index in [4.69, 9.17) is 23.2 Å². The molecular weight excluding hydrogens is 628 g/mol. The summed E-state index contributed by atoms with van der Waals surface area (Å²) >= 11 is 11.5. The lowest BCUT2D eigenvalue weighted by molar-refractivity contribution is -0.140. The van der Waals surface area contributed by atoms with E-state index in [0.717, 1.165) is 6.92 Å². The number of benzene rings is 2. The van der Waals surface area contributed by atoms with Crippen LogP contribution in [-0.2, 0) is 17.6 Å². The summed E-state index contributed by atoms with van der Waals surface area (Å²) in [5.41, 5.74) is -5.27. The number of allylic oxidation sites excluding steroid dienone is 1. The Morgan fingerprint density at radius 2 is 1.59 bits per heavy atom. The van der Waals surface area contributed by atoms with Crippen molar-refractivity contribution in [2.75, 3.05) is 6.54 Å². The lowest BCUT2D eigenvalue weighted by Crippen LogP contribution is -2.47. The summed E-state index contributed by atoms with van der Waals surface area (Å²) in [6.07, 6.45) is -15.5. The van der Waals surface area contributed by atoms with Crippen molar-refractivity contribution in [3.05, 3.63) is 74.3 Å². The van der Waals surface area contributed by atoms with E-state index >= 15 is 0 Å². The molecule has 2 atom stereocenters. The molecule has 0 saturated carbocycles. The van der Waals surface area contributed by atoms with E-state index in [9.17, 15) is 57.9 Å². The zero-order valence-electron chi connectivity index (χ0n) is 20.3. The number of carbonyl (C=O) groups excluding carboxylic acids is 2. The van der Waals surface area contributed by atoms with Crippen LogP contribution in [-0.4, -0.2) is 36.8 Å². The maximum atomic E-state index is 15.0. The van der Waals surface area contributed by atoms with Crippen LogP contribution in [0.25, 0.3) is 5.83 Å². The molecule has 2 amide bonds. The standard InChI is InChI=1S/C24H17Cl2F11N2O2/c1-10(20(40)38-9-22(29,30)31)39-21(41)14-3-2-11(5-16(14)24(35,36)37)18(28)7-15(23(32,33)34)12-4-13(8-27)19(26)17(25)6-12/h2-7,10,15H,8-9H2,1H3,(H,38,40)(H,39,41)/b18-7-/t10-,15?/m1/s1. The predicted octanol–water partition coefficient (Wildman–Crippen LogP) is 7.94. The average Bonchev–Trinajstić information content (AvgIpc) is 2.85. The molecule has 17 heteroatoms. The number of hydrogen-bond acceptors (Lipinski definition) is 2. The van der Waals surface area contributed by atoms with Crippen LogP contribution >= 0.6 is 23.2 Å². The highest BCUT2D eigenvalue weighted by Crippen LogP contribution is 2.42. The Bertz CT molecular complexity index is 1320. The third-order valence-electron chi connectivity index (χ3n) is 5.34. The number of halogens is 13. The summed E-state index contributed by atoms with van der Waals surface area (Å²) in [5.74, 6) is -7.59. The van der Waals surface area contributed by atoms with Crippen LogP contribution in [0.3, 0.4) is 0 Å². The largest absolute Gasteiger partial charge is 0.417 e. The van der Waals surface area contributed by atoms with Gasteiger partial charge in [-0.1, -0.05) is 35.3 Å². The highest BCUT2D eigenvalue weighted by atomic mass is 35.5. The molecule has 2 aromatic carbocycles. The van der Waals surface area contributed by atoms with Crippen molar-refractivity contribution in [2.45, 2.75) is 44.1 Å². The Labute approximate surface area is 234 Å². The molecule has 0 fully saturated rings. The van der Waals surface area contributed by atoms with Crippen LogP contribution < -0.4 is 10.6 Å². The molecule has 0 aliphatic heterocycles. The summed E-state index contributed by atoms with van der Waals surface area (Å²) in [6, 6.07) is 0.589. The second-order valence-corrected chi connectivity index (χ2v) is 9.21. The molecule has 0 radical (unpaired) electrons. The Kier molecular flexibility index (Phi) is 10.7. The van der Waals surface area contributed by atoms with Gasteiger partial charge in [-0.25, -0.2) is 8.78 Å². The molecule has 226 valence electrons. The van der Waals surface area contributed by atoms with Gasteiger partial charge in [-0.2, -0.15) is 39.5 Å². The van der Waals surface area contributed by atoms with Crippen LogP contribution in [0.15, 0.2) is 36.4 Å². The molecule has 1 unspecified atom stereocenters. The van der Waals surface area contributed by atoms with Crippen LogP contribution in [0.5, 0.6) is 0 Å². The average molecular weight is 645 g/mol. The van der Waals surface area contributed by atoms with E-state index in [1.807, 2.05) is 0 Å². The van der Waals surface area contributed by atoms with Gasteiger partial charge in [-0.15, -0.1) is 0 Å². The van der Waals surface area contributed by atoms with Crippen LogP contribution in [0.4, 0.5) is 48.3 Å². The number of nitrogens with one attached hydrogen (secondary N) is 2. The number of alkyl halides is 10. The predicted molar refractivity (Wildman–Crippen MR) is 127 cm³/mol. The molecule has 2 aromatic rings. The van der Waals surface area contributed by atoms with Gasteiger partial charge in [0.2, 0.25) is 5.91 Å². The maximum Gasteiger partial charge on any atom is 0.417 e. The topological polar surface area (TPSA) is 58.2 Å². The van der Waals surface area contributed by atoms with Gasteiger partial charge < -0.3 is 10.6 Å². The second kappa shape index (κ2) is 12.8. The molecule has 2 rings (SSSR count). The molecule has 0 spiro atoms. The summed E-state index contributed by atoms with van der Waals surface area (Å²) in [5, 5.41) is 2.30.